The van der Waals surface area contributed by atoms with Crippen molar-refractivity contribution in [1.82, 2.24) is 5.32 Å². The zero-order valence-corrected chi connectivity index (χ0v) is 11.4. The van der Waals surface area contributed by atoms with Crippen molar-refractivity contribution in [3.63, 3.8) is 0 Å². The number of ether oxygens (including phenoxy) is 1. The molecule has 0 bridgehead atoms. The number of nitrogens with one attached hydrogen (secondary N) is 1. The fraction of sp³-hybridized carbons (Fsp3) is 0.500. The van der Waals surface area contributed by atoms with Crippen LogP contribution in [0.1, 0.15) is 32.4 Å². The van der Waals surface area contributed by atoms with Crippen LogP contribution in [0.5, 0.6) is 0 Å². The van der Waals surface area contributed by atoms with Crippen LogP contribution >= 0.6 is 0 Å². The van der Waals surface area contributed by atoms with Crippen molar-refractivity contribution >= 4 is 5.91 Å². The van der Waals surface area contributed by atoms with Crippen LogP contribution in [0.3, 0.4) is 0 Å². The van der Waals surface area contributed by atoms with E-state index in [0.717, 1.165) is 0 Å². The number of halogens is 1. The normalized spacial score (nSPS) is 15.6. The van der Waals surface area contributed by atoms with E-state index < -0.39 is 18.2 Å². The Morgan fingerprint density at radius 2 is 1.95 bits per heavy atom. The highest BCUT2D eigenvalue weighted by molar-refractivity contribution is 5.80. The average molecular weight is 269 g/mol. The maximum atomic E-state index is 12.8. The molecule has 0 heterocycles. The Balaban J connectivity index is 2.59. The van der Waals surface area contributed by atoms with E-state index in [4.69, 9.17) is 4.74 Å². The smallest absolute Gasteiger partial charge is 0.249 e. The predicted octanol–water partition coefficient (Wildman–Crippen LogP) is 1.79. The van der Waals surface area contributed by atoms with Crippen LogP contribution in [0.15, 0.2) is 24.3 Å². The predicted molar refractivity (Wildman–Crippen MR) is 70.1 cm³/mol. The fourth-order valence-electron chi connectivity index (χ4n) is 1.70. The molecule has 1 rings (SSSR count). The van der Waals surface area contributed by atoms with E-state index in [9.17, 15) is 14.3 Å². The Kier molecular flexibility index (Phi) is 5.92. The molecule has 0 radical (unpaired) electrons. The minimum absolute atomic E-state index is 0.282. The van der Waals surface area contributed by atoms with Gasteiger partial charge >= 0.3 is 0 Å². The standard InChI is InChI=1S/C14H20FNO3/c1-4-19-10(3)14(18)16-9(2)13(17)11-5-7-12(15)8-6-11/h5-10,13,17H,4H2,1-3H3,(H,16,18). The molecular weight excluding hydrogens is 249 g/mol. The molecule has 0 aromatic heterocycles. The van der Waals surface area contributed by atoms with Crippen molar-refractivity contribution in [3.05, 3.63) is 35.6 Å². The van der Waals surface area contributed by atoms with Crippen LogP contribution in [-0.4, -0.2) is 29.8 Å². The molecule has 1 aromatic carbocycles. The summed E-state index contributed by atoms with van der Waals surface area (Å²) in [5.74, 6) is -0.645. The first-order chi connectivity index (χ1) is 8.95. The number of amides is 1. The second-order valence-electron chi connectivity index (χ2n) is 4.39. The van der Waals surface area contributed by atoms with Crippen molar-refractivity contribution < 1.29 is 19.0 Å². The summed E-state index contributed by atoms with van der Waals surface area (Å²) in [6.45, 7) is 5.59. The fourth-order valence-corrected chi connectivity index (χ4v) is 1.70. The lowest BCUT2D eigenvalue weighted by molar-refractivity contribution is -0.132. The van der Waals surface area contributed by atoms with Crippen molar-refractivity contribution in [3.8, 4) is 0 Å². The lowest BCUT2D eigenvalue weighted by atomic mass is 10.0. The SMILES string of the molecule is CCOC(C)C(=O)NC(C)C(O)c1ccc(F)cc1. The largest absolute Gasteiger partial charge is 0.386 e. The molecule has 0 spiro atoms. The Labute approximate surface area is 112 Å². The van der Waals surface area contributed by atoms with E-state index in [-0.39, 0.29) is 11.7 Å². The summed E-state index contributed by atoms with van der Waals surface area (Å²) in [7, 11) is 0. The van der Waals surface area contributed by atoms with Crippen LogP contribution in [0.4, 0.5) is 4.39 Å². The van der Waals surface area contributed by atoms with Gasteiger partial charge in [-0.3, -0.25) is 4.79 Å². The number of carbonyl (C=O) groups excluding carboxylic acids is 1. The van der Waals surface area contributed by atoms with Gasteiger partial charge in [-0.25, -0.2) is 4.39 Å². The quantitative estimate of drug-likeness (QED) is 0.827. The summed E-state index contributed by atoms with van der Waals surface area (Å²) in [6, 6.07) is 5.05. The van der Waals surface area contributed by atoms with E-state index in [1.165, 1.54) is 24.3 Å². The number of hydrogen-bond acceptors (Lipinski definition) is 3. The van der Waals surface area contributed by atoms with Crippen molar-refractivity contribution in [2.45, 2.75) is 39.0 Å². The highest BCUT2D eigenvalue weighted by Gasteiger charge is 2.21. The zero-order valence-electron chi connectivity index (χ0n) is 11.4. The molecular formula is C14H20FNO3. The third-order valence-corrected chi connectivity index (χ3v) is 2.84. The Morgan fingerprint density at radius 1 is 1.37 bits per heavy atom. The van der Waals surface area contributed by atoms with E-state index in [1.807, 2.05) is 0 Å². The van der Waals surface area contributed by atoms with E-state index in [0.29, 0.717) is 12.2 Å². The van der Waals surface area contributed by atoms with Gasteiger partial charge in [0.2, 0.25) is 5.91 Å². The summed E-state index contributed by atoms with van der Waals surface area (Å²) >= 11 is 0. The summed E-state index contributed by atoms with van der Waals surface area (Å²) in [5.41, 5.74) is 0.554. The molecule has 1 amide bonds. The Bertz CT molecular complexity index is 408. The summed E-state index contributed by atoms with van der Waals surface area (Å²) in [4.78, 5) is 11.7. The first-order valence-corrected chi connectivity index (χ1v) is 6.31. The summed E-state index contributed by atoms with van der Waals surface area (Å²) in [5, 5.41) is 12.7. The molecule has 0 fully saturated rings. The van der Waals surface area contributed by atoms with Gasteiger partial charge in [0.15, 0.2) is 0 Å². The maximum Gasteiger partial charge on any atom is 0.249 e. The third-order valence-electron chi connectivity index (χ3n) is 2.84. The minimum atomic E-state index is -0.890. The molecule has 0 saturated heterocycles. The molecule has 3 atom stereocenters. The van der Waals surface area contributed by atoms with Gasteiger partial charge in [-0.15, -0.1) is 0 Å². The topological polar surface area (TPSA) is 58.6 Å². The number of benzene rings is 1. The molecule has 0 aliphatic carbocycles. The van der Waals surface area contributed by atoms with Gasteiger partial charge < -0.3 is 15.2 Å². The lowest BCUT2D eigenvalue weighted by Crippen LogP contribution is -2.42. The molecule has 0 aliphatic rings. The van der Waals surface area contributed by atoms with Crippen LogP contribution in [0.25, 0.3) is 0 Å². The molecule has 0 saturated carbocycles. The van der Waals surface area contributed by atoms with E-state index >= 15 is 0 Å². The van der Waals surface area contributed by atoms with Gasteiger partial charge in [0.05, 0.1) is 12.1 Å². The Morgan fingerprint density at radius 3 is 2.47 bits per heavy atom. The molecule has 3 unspecified atom stereocenters. The number of carbonyl (C=O) groups is 1. The lowest BCUT2D eigenvalue weighted by Gasteiger charge is -2.22. The molecule has 4 nitrogen and oxygen atoms in total. The van der Waals surface area contributed by atoms with Crippen molar-refractivity contribution in [2.75, 3.05) is 6.61 Å². The zero-order chi connectivity index (χ0) is 14.4. The molecule has 106 valence electrons. The van der Waals surface area contributed by atoms with Gasteiger partial charge in [-0.1, -0.05) is 12.1 Å². The first-order valence-electron chi connectivity index (χ1n) is 6.31. The second-order valence-corrected chi connectivity index (χ2v) is 4.39. The molecule has 1 aromatic rings. The van der Waals surface area contributed by atoms with Crippen LogP contribution < -0.4 is 5.32 Å². The highest BCUT2D eigenvalue weighted by Crippen LogP contribution is 2.17. The molecule has 5 heteroatoms. The number of hydrogen-bond donors (Lipinski definition) is 2. The van der Waals surface area contributed by atoms with E-state index in [1.54, 1.807) is 20.8 Å². The van der Waals surface area contributed by atoms with Crippen molar-refractivity contribution in [2.24, 2.45) is 0 Å². The monoisotopic (exact) mass is 269 g/mol. The van der Waals surface area contributed by atoms with E-state index in [2.05, 4.69) is 5.32 Å². The number of aliphatic hydroxyl groups is 1. The van der Waals surface area contributed by atoms with Crippen molar-refractivity contribution in [1.29, 1.82) is 0 Å². The van der Waals surface area contributed by atoms with Crippen LogP contribution in [0.2, 0.25) is 0 Å². The molecule has 2 N–H and O–H groups in total. The van der Waals surface area contributed by atoms with Gasteiger partial charge in [-0.2, -0.15) is 0 Å². The minimum Gasteiger partial charge on any atom is -0.386 e. The maximum absolute atomic E-state index is 12.8. The van der Waals surface area contributed by atoms with Gasteiger partial charge in [-0.05, 0) is 38.5 Å². The second kappa shape index (κ2) is 7.21. The van der Waals surface area contributed by atoms with Gasteiger partial charge in [0.25, 0.3) is 0 Å². The third kappa shape index (κ3) is 4.61. The van der Waals surface area contributed by atoms with Gasteiger partial charge in [0, 0.05) is 6.61 Å². The van der Waals surface area contributed by atoms with Crippen LogP contribution in [-0.2, 0) is 9.53 Å². The van der Waals surface area contributed by atoms with Crippen LogP contribution in [0, 0.1) is 5.82 Å². The average Bonchev–Trinajstić information content (AvgIpc) is 2.38. The van der Waals surface area contributed by atoms with Gasteiger partial charge in [0.1, 0.15) is 11.9 Å². The highest BCUT2D eigenvalue weighted by atomic mass is 19.1. The Hall–Kier alpha value is -1.46. The number of rotatable bonds is 6. The first kappa shape index (κ1) is 15.6. The number of aliphatic hydroxyl groups excluding tert-OH is 1. The summed E-state index contributed by atoms with van der Waals surface area (Å²) < 4.78 is 17.9. The summed E-state index contributed by atoms with van der Waals surface area (Å²) in [6.07, 6.45) is -1.45. The molecule has 19 heavy (non-hydrogen) atoms. The molecule has 0 aliphatic heterocycles.